The Bertz CT molecular complexity index is 1180. The molecule has 1 fully saturated rings. The molecule has 0 spiro atoms. The lowest BCUT2D eigenvalue weighted by Crippen LogP contribution is -2.49. The number of hydrogen-bond donors (Lipinski definition) is 0. The maximum atomic E-state index is 12.8. The molecule has 0 unspecified atom stereocenters. The van der Waals surface area contributed by atoms with Gasteiger partial charge in [0.25, 0.3) is 5.91 Å². The molecule has 4 aromatic rings. The van der Waals surface area contributed by atoms with Crippen LogP contribution in [0.25, 0.3) is 17.1 Å². The van der Waals surface area contributed by atoms with Crippen LogP contribution >= 0.6 is 0 Å². The van der Waals surface area contributed by atoms with Crippen molar-refractivity contribution in [3.05, 3.63) is 66.4 Å². The molecular weight excluding hydrogens is 396 g/mol. The highest BCUT2D eigenvalue weighted by Gasteiger charge is 2.25. The van der Waals surface area contributed by atoms with Crippen molar-refractivity contribution < 1.29 is 9.32 Å². The Balaban J connectivity index is 1.21. The lowest BCUT2D eigenvalue weighted by atomic mass is 10.2. The Labute approximate surface area is 178 Å². The highest BCUT2D eigenvalue weighted by Crippen LogP contribution is 2.21. The first-order chi connectivity index (χ1) is 15.2. The fraction of sp³-hybridized carbons (Fsp3) is 0.238. The van der Waals surface area contributed by atoms with Gasteiger partial charge in [-0.05, 0) is 37.3 Å². The molecule has 0 saturated carbocycles. The maximum absolute atomic E-state index is 12.8. The summed E-state index contributed by atoms with van der Waals surface area (Å²) in [5, 5.41) is 16.9. The van der Waals surface area contributed by atoms with E-state index in [0.29, 0.717) is 43.5 Å². The molecular formula is C21H20N8O2. The van der Waals surface area contributed by atoms with Gasteiger partial charge in [-0.15, -0.1) is 10.2 Å². The van der Waals surface area contributed by atoms with Crippen LogP contribution in [0.15, 0.2) is 59.5 Å². The van der Waals surface area contributed by atoms with Gasteiger partial charge in [-0.1, -0.05) is 5.16 Å². The first-order valence-corrected chi connectivity index (χ1v) is 9.95. The van der Waals surface area contributed by atoms with Crippen LogP contribution in [0.3, 0.4) is 0 Å². The molecule has 10 nitrogen and oxygen atoms in total. The largest absolute Gasteiger partial charge is 0.355 e. The van der Waals surface area contributed by atoms with E-state index in [2.05, 4.69) is 30.3 Å². The molecule has 5 heterocycles. The molecule has 1 aliphatic heterocycles. The first kappa shape index (κ1) is 18.9. The Hall–Kier alpha value is -4.08. The average Bonchev–Trinajstić information content (AvgIpc) is 3.49. The normalized spacial score (nSPS) is 14.1. The minimum Gasteiger partial charge on any atom is -0.355 e. The first-order valence-electron chi connectivity index (χ1n) is 9.95. The maximum Gasteiger partial charge on any atom is 0.276 e. The lowest BCUT2D eigenvalue weighted by molar-refractivity contribution is 0.0736. The van der Waals surface area contributed by atoms with Gasteiger partial charge in [0.05, 0.1) is 5.69 Å². The van der Waals surface area contributed by atoms with E-state index in [1.54, 1.807) is 28.0 Å². The van der Waals surface area contributed by atoms with Crippen molar-refractivity contribution in [2.45, 2.75) is 6.92 Å². The van der Waals surface area contributed by atoms with Gasteiger partial charge in [0, 0.05) is 56.4 Å². The standard InChI is InChI=1S/C21H20N8O2/c1-15-6-8-29(25-15)20-5-4-19(23-24-20)27-9-11-28(12-10-27)21(30)17-13-18(31-26-17)16-3-2-7-22-14-16/h2-8,13-14H,9-12H2,1H3. The fourth-order valence-electron chi connectivity index (χ4n) is 3.47. The van der Waals surface area contributed by atoms with E-state index in [1.165, 1.54) is 0 Å². The van der Waals surface area contributed by atoms with Crippen molar-refractivity contribution >= 4 is 11.7 Å². The Morgan fingerprint density at radius 2 is 1.84 bits per heavy atom. The molecule has 0 radical (unpaired) electrons. The second-order valence-corrected chi connectivity index (χ2v) is 7.25. The second kappa shape index (κ2) is 7.98. The molecule has 0 atom stereocenters. The summed E-state index contributed by atoms with van der Waals surface area (Å²) in [7, 11) is 0. The fourth-order valence-corrected chi connectivity index (χ4v) is 3.47. The Morgan fingerprint density at radius 1 is 1.03 bits per heavy atom. The highest BCUT2D eigenvalue weighted by atomic mass is 16.5. The number of carbonyl (C=O) groups is 1. The predicted octanol–water partition coefficient (Wildman–Crippen LogP) is 1.98. The molecule has 0 aliphatic carbocycles. The van der Waals surface area contributed by atoms with Crippen molar-refractivity contribution in [1.29, 1.82) is 0 Å². The van der Waals surface area contributed by atoms with Gasteiger partial charge in [0.15, 0.2) is 23.1 Å². The number of aromatic nitrogens is 6. The van der Waals surface area contributed by atoms with Crippen molar-refractivity contribution in [3.63, 3.8) is 0 Å². The third-order valence-electron chi connectivity index (χ3n) is 5.16. The van der Waals surface area contributed by atoms with E-state index in [0.717, 1.165) is 17.1 Å². The van der Waals surface area contributed by atoms with Crippen LogP contribution in [0.5, 0.6) is 0 Å². The van der Waals surface area contributed by atoms with E-state index in [-0.39, 0.29) is 5.91 Å². The van der Waals surface area contributed by atoms with Gasteiger partial charge >= 0.3 is 0 Å². The average molecular weight is 416 g/mol. The summed E-state index contributed by atoms with van der Waals surface area (Å²) < 4.78 is 7.02. The number of aryl methyl sites for hydroxylation is 1. The van der Waals surface area contributed by atoms with Crippen LogP contribution in [-0.2, 0) is 0 Å². The number of anilines is 1. The zero-order chi connectivity index (χ0) is 21.2. The van der Waals surface area contributed by atoms with Crippen molar-refractivity contribution in [1.82, 2.24) is 35.0 Å². The van der Waals surface area contributed by atoms with Gasteiger partial charge < -0.3 is 14.3 Å². The zero-order valence-electron chi connectivity index (χ0n) is 16.9. The molecule has 0 aromatic carbocycles. The van der Waals surface area contributed by atoms with Crippen LogP contribution in [0, 0.1) is 6.92 Å². The van der Waals surface area contributed by atoms with Crippen LogP contribution in [0.2, 0.25) is 0 Å². The molecule has 5 rings (SSSR count). The molecule has 1 amide bonds. The number of carbonyl (C=O) groups excluding carboxylic acids is 1. The third kappa shape index (κ3) is 3.87. The summed E-state index contributed by atoms with van der Waals surface area (Å²) in [6.07, 6.45) is 5.21. The monoisotopic (exact) mass is 416 g/mol. The summed E-state index contributed by atoms with van der Waals surface area (Å²) in [5.41, 5.74) is 2.00. The van der Waals surface area contributed by atoms with Crippen LogP contribution in [0.1, 0.15) is 16.2 Å². The summed E-state index contributed by atoms with van der Waals surface area (Å²) in [6.45, 7) is 4.38. The molecule has 0 bridgehead atoms. The topological polar surface area (TPSA) is 106 Å². The number of hydrogen-bond acceptors (Lipinski definition) is 8. The molecule has 156 valence electrons. The Kier molecular flexibility index (Phi) is 4.87. The van der Waals surface area contributed by atoms with Crippen LogP contribution in [-0.4, -0.2) is 67.1 Å². The van der Waals surface area contributed by atoms with Crippen LogP contribution in [0.4, 0.5) is 5.82 Å². The molecule has 4 aromatic heterocycles. The summed E-state index contributed by atoms with van der Waals surface area (Å²) in [5.74, 6) is 1.83. The van der Waals surface area contributed by atoms with E-state index in [9.17, 15) is 4.79 Å². The third-order valence-corrected chi connectivity index (χ3v) is 5.16. The number of rotatable bonds is 4. The van der Waals surface area contributed by atoms with E-state index >= 15 is 0 Å². The predicted molar refractivity (Wildman–Crippen MR) is 112 cm³/mol. The van der Waals surface area contributed by atoms with Gasteiger partial charge in [-0.3, -0.25) is 9.78 Å². The van der Waals surface area contributed by atoms with Crippen molar-refractivity contribution in [2.75, 3.05) is 31.1 Å². The van der Waals surface area contributed by atoms with E-state index in [1.807, 2.05) is 43.5 Å². The highest BCUT2D eigenvalue weighted by molar-refractivity contribution is 5.93. The summed E-state index contributed by atoms with van der Waals surface area (Å²) in [6, 6.07) is 11.1. The molecule has 1 saturated heterocycles. The SMILES string of the molecule is Cc1ccn(-c2ccc(N3CCN(C(=O)c4cc(-c5cccnc5)on4)CC3)nn2)n1. The van der Waals surface area contributed by atoms with E-state index < -0.39 is 0 Å². The number of nitrogens with zero attached hydrogens (tertiary/aromatic N) is 8. The van der Waals surface area contributed by atoms with Gasteiger partial charge in [-0.25, -0.2) is 4.68 Å². The quantitative estimate of drug-likeness (QED) is 0.497. The number of piperazine rings is 1. The zero-order valence-corrected chi connectivity index (χ0v) is 16.9. The second-order valence-electron chi connectivity index (χ2n) is 7.25. The van der Waals surface area contributed by atoms with Gasteiger partial charge in [-0.2, -0.15) is 5.10 Å². The minimum absolute atomic E-state index is 0.144. The molecule has 0 N–H and O–H groups in total. The molecule has 1 aliphatic rings. The minimum atomic E-state index is -0.144. The lowest BCUT2D eigenvalue weighted by Gasteiger charge is -2.34. The molecule has 31 heavy (non-hydrogen) atoms. The summed E-state index contributed by atoms with van der Waals surface area (Å²) in [4.78, 5) is 20.8. The van der Waals surface area contributed by atoms with Crippen molar-refractivity contribution in [3.8, 4) is 17.1 Å². The van der Waals surface area contributed by atoms with Crippen LogP contribution < -0.4 is 4.90 Å². The Morgan fingerprint density at radius 3 is 2.52 bits per heavy atom. The summed E-state index contributed by atoms with van der Waals surface area (Å²) >= 11 is 0. The number of pyridine rings is 1. The van der Waals surface area contributed by atoms with Gasteiger partial charge in [0.2, 0.25) is 0 Å². The van der Waals surface area contributed by atoms with Crippen molar-refractivity contribution in [2.24, 2.45) is 0 Å². The smallest absolute Gasteiger partial charge is 0.276 e. The molecule has 10 heteroatoms. The van der Waals surface area contributed by atoms with Gasteiger partial charge in [0.1, 0.15) is 0 Å². The van der Waals surface area contributed by atoms with E-state index in [4.69, 9.17) is 4.52 Å². The number of amides is 1.